The van der Waals surface area contributed by atoms with Crippen LogP contribution in [0.1, 0.15) is 11.1 Å². The molecule has 4 aromatic rings. The summed E-state index contributed by atoms with van der Waals surface area (Å²) in [5.74, 6) is 0.0601. The number of ether oxygens (including phenoxy) is 2. The second kappa shape index (κ2) is 12.9. The van der Waals surface area contributed by atoms with Crippen molar-refractivity contribution in [2.75, 3.05) is 25.1 Å². The molecule has 1 heterocycles. The molecule has 0 aromatic heterocycles. The molecular weight excluding hydrogens is 554 g/mol. The first kappa shape index (κ1) is 28.8. The van der Waals surface area contributed by atoms with E-state index in [1.165, 1.54) is 40.5 Å². The van der Waals surface area contributed by atoms with Gasteiger partial charge in [0.05, 0.1) is 17.1 Å². The minimum Gasteiger partial charge on any atom is -0.484 e. The van der Waals surface area contributed by atoms with Crippen LogP contribution in [-0.4, -0.2) is 50.8 Å². The summed E-state index contributed by atoms with van der Waals surface area (Å²) in [5, 5.41) is 2.87. The number of rotatable bonds is 10. The van der Waals surface area contributed by atoms with Gasteiger partial charge in [-0.15, -0.1) is 0 Å². The van der Waals surface area contributed by atoms with Crippen LogP contribution in [0.3, 0.4) is 0 Å². The third-order valence-corrected chi connectivity index (χ3v) is 8.64. The lowest BCUT2D eigenvalue weighted by molar-refractivity contribution is -0.128. The number of para-hydroxylation sites is 2. The number of sulfonamides is 1. The fraction of sp³-hybridized carbons (Fsp3) is 0.188. The van der Waals surface area contributed by atoms with E-state index in [4.69, 9.17) is 9.47 Å². The lowest BCUT2D eigenvalue weighted by atomic mass is 10.1. The summed E-state index contributed by atoms with van der Waals surface area (Å²) >= 11 is 0. The molecule has 0 fully saturated rings. The van der Waals surface area contributed by atoms with Gasteiger partial charge in [-0.3, -0.25) is 9.59 Å². The Balaban J connectivity index is 1.21. The highest BCUT2D eigenvalue weighted by Crippen LogP contribution is 2.33. The van der Waals surface area contributed by atoms with Gasteiger partial charge in [-0.25, -0.2) is 8.42 Å². The van der Waals surface area contributed by atoms with E-state index in [2.05, 4.69) is 5.32 Å². The van der Waals surface area contributed by atoms with Gasteiger partial charge in [0.15, 0.2) is 12.7 Å². The van der Waals surface area contributed by atoms with Crippen molar-refractivity contribution in [2.24, 2.45) is 0 Å². The van der Waals surface area contributed by atoms with Gasteiger partial charge in [-0.1, -0.05) is 72.8 Å². The first-order valence-electron chi connectivity index (χ1n) is 13.4. The minimum absolute atomic E-state index is 0.0186. The Labute approximate surface area is 245 Å². The average molecular weight is 586 g/mol. The van der Waals surface area contributed by atoms with Crippen LogP contribution >= 0.6 is 0 Å². The van der Waals surface area contributed by atoms with Crippen LogP contribution in [0.15, 0.2) is 114 Å². The summed E-state index contributed by atoms with van der Waals surface area (Å²) in [6.45, 7) is 0.283. The lowest BCUT2D eigenvalue weighted by Gasteiger charge is -2.34. The van der Waals surface area contributed by atoms with Crippen LogP contribution in [0.2, 0.25) is 0 Å². The van der Waals surface area contributed by atoms with E-state index in [0.29, 0.717) is 23.7 Å². The minimum atomic E-state index is -3.72. The number of amides is 2. The maximum atomic E-state index is 13.3. The van der Waals surface area contributed by atoms with Crippen molar-refractivity contribution in [1.29, 1.82) is 0 Å². The van der Waals surface area contributed by atoms with Crippen LogP contribution in [-0.2, 0) is 32.7 Å². The van der Waals surface area contributed by atoms with Crippen molar-refractivity contribution in [3.05, 3.63) is 120 Å². The maximum Gasteiger partial charge on any atom is 0.265 e. The van der Waals surface area contributed by atoms with Gasteiger partial charge in [0.25, 0.3) is 11.8 Å². The standard InChI is InChI=1S/C32H31N3O6S/c1-34(21-25-12-6-3-7-13-25)42(38,39)27-18-16-26(17-19-27)40-23-31(36)35-22-30(41-29-15-9-8-14-28(29)35)32(37)33-20-24-10-4-2-5-11-24/h2-19,30H,20-23H2,1H3,(H,33,37)/t30-/m1/s1. The van der Waals surface area contributed by atoms with Crippen LogP contribution in [0, 0.1) is 0 Å². The van der Waals surface area contributed by atoms with Crippen LogP contribution < -0.4 is 19.7 Å². The predicted octanol–water partition coefficient (Wildman–Crippen LogP) is 4.00. The average Bonchev–Trinajstić information content (AvgIpc) is 3.03. The predicted molar refractivity (Wildman–Crippen MR) is 159 cm³/mol. The summed E-state index contributed by atoms with van der Waals surface area (Å²) in [6.07, 6.45) is -0.898. The highest BCUT2D eigenvalue weighted by Gasteiger charge is 2.34. The summed E-state index contributed by atoms with van der Waals surface area (Å²) in [6, 6.07) is 31.8. The first-order chi connectivity index (χ1) is 20.3. The summed E-state index contributed by atoms with van der Waals surface area (Å²) in [5.41, 5.74) is 2.37. The van der Waals surface area contributed by atoms with Gasteiger partial charge in [0.1, 0.15) is 11.5 Å². The van der Waals surface area contributed by atoms with Crippen molar-refractivity contribution in [1.82, 2.24) is 9.62 Å². The Bertz CT molecular complexity index is 1630. The molecule has 1 atom stereocenters. The van der Waals surface area contributed by atoms with E-state index in [9.17, 15) is 18.0 Å². The molecule has 5 rings (SSSR count). The number of hydrogen-bond donors (Lipinski definition) is 1. The SMILES string of the molecule is CN(Cc1ccccc1)S(=O)(=O)c1ccc(OCC(=O)N2C[C@H](C(=O)NCc3ccccc3)Oc3ccccc32)cc1. The highest BCUT2D eigenvalue weighted by atomic mass is 32.2. The van der Waals surface area contributed by atoms with Gasteiger partial charge in [0, 0.05) is 20.1 Å². The zero-order chi connectivity index (χ0) is 29.5. The van der Waals surface area contributed by atoms with E-state index in [1.54, 1.807) is 24.3 Å². The Kier molecular flexibility index (Phi) is 8.85. The second-order valence-electron chi connectivity index (χ2n) is 9.79. The van der Waals surface area contributed by atoms with E-state index in [-0.39, 0.29) is 36.4 Å². The third kappa shape index (κ3) is 6.79. The number of fused-ring (bicyclic) bond motifs is 1. The van der Waals surface area contributed by atoms with E-state index in [1.807, 2.05) is 60.7 Å². The number of nitrogens with one attached hydrogen (secondary N) is 1. The number of nitrogens with zero attached hydrogens (tertiary/aromatic N) is 2. The molecule has 0 bridgehead atoms. The molecule has 0 radical (unpaired) electrons. The smallest absolute Gasteiger partial charge is 0.265 e. The van der Waals surface area contributed by atoms with Crippen molar-refractivity contribution >= 4 is 27.5 Å². The molecular formula is C32H31N3O6S. The molecule has 0 saturated heterocycles. The zero-order valence-corrected chi connectivity index (χ0v) is 23.9. The van der Waals surface area contributed by atoms with Gasteiger partial charge < -0.3 is 19.7 Å². The van der Waals surface area contributed by atoms with Gasteiger partial charge >= 0.3 is 0 Å². The van der Waals surface area contributed by atoms with Crippen molar-refractivity contribution in [3.8, 4) is 11.5 Å². The quantitative estimate of drug-likeness (QED) is 0.302. The molecule has 42 heavy (non-hydrogen) atoms. The number of anilines is 1. The van der Waals surface area contributed by atoms with Crippen molar-refractivity contribution in [3.63, 3.8) is 0 Å². The Morgan fingerprint density at radius 1 is 0.881 bits per heavy atom. The fourth-order valence-electron chi connectivity index (χ4n) is 4.54. The molecule has 216 valence electrons. The molecule has 2 amide bonds. The number of carbonyl (C=O) groups is 2. The lowest BCUT2D eigenvalue weighted by Crippen LogP contribution is -2.51. The second-order valence-corrected chi connectivity index (χ2v) is 11.8. The summed E-state index contributed by atoms with van der Waals surface area (Å²) in [4.78, 5) is 27.8. The normalized spacial score (nSPS) is 14.5. The Morgan fingerprint density at radius 2 is 1.50 bits per heavy atom. The molecule has 9 nitrogen and oxygen atoms in total. The zero-order valence-electron chi connectivity index (χ0n) is 23.1. The number of benzene rings is 4. The molecule has 1 aliphatic heterocycles. The van der Waals surface area contributed by atoms with Crippen LogP contribution in [0.4, 0.5) is 5.69 Å². The van der Waals surface area contributed by atoms with Crippen molar-refractivity contribution in [2.45, 2.75) is 24.1 Å². The summed E-state index contributed by atoms with van der Waals surface area (Å²) in [7, 11) is -2.19. The van der Waals surface area contributed by atoms with Crippen molar-refractivity contribution < 1.29 is 27.5 Å². The molecule has 1 aliphatic rings. The van der Waals surface area contributed by atoms with E-state index < -0.39 is 16.1 Å². The van der Waals surface area contributed by atoms with Gasteiger partial charge in [0.2, 0.25) is 10.0 Å². The largest absolute Gasteiger partial charge is 0.484 e. The first-order valence-corrected chi connectivity index (χ1v) is 14.9. The Morgan fingerprint density at radius 3 is 2.19 bits per heavy atom. The van der Waals surface area contributed by atoms with Gasteiger partial charge in [-0.05, 0) is 47.5 Å². The molecule has 0 saturated carbocycles. The topological polar surface area (TPSA) is 105 Å². The fourth-order valence-corrected chi connectivity index (χ4v) is 5.70. The third-order valence-electron chi connectivity index (χ3n) is 6.82. The van der Waals surface area contributed by atoms with E-state index >= 15 is 0 Å². The maximum absolute atomic E-state index is 13.3. The van der Waals surface area contributed by atoms with E-state index in [0.717, 1.165) is 11.1 Å². The van der Waals surface area contributed by atoms with Gasteiger partial charge in [-0.2, -0.15) is 4.31 Å². The Hall–Kier alpha value is -4.67. The molecule has 0 unspecified atom stereocenters. The molecule has 0 aliphatic carbocycles. The monoisotopic (exact) mass is 585 g/mol. The molecule has 0 spiro atoms. The van der Waals surface area contributed by atoms with Crippen LogP contribution in [0.5, 0.6) is 11.5 Å². The summed E-state index contributed by atoms with van der Waals surface area (Å²) < 4.78 is 39.0. The number of carbonyl (C=O) groups excluding carboxylic acids is 2. The van der Waals surface area contributed by atoms with Crippen LogP contribution in [0.25, 0.3) is 0 Å². The molecule has 1 N–H and O–H groups in total. The molecule has 10 heteroatoms. The highest BCUT2D eigenvalue weighted by molar-refractivity contribution is 7.89. The number of hydrogen-bond acceptors (Lipinski definition) is 6. The molecule has 4 aromatic carbocycles.